The van der Waals surface area contributed by atoms with E-state index >= 15 is 0 Å². The van der Waals surface area contributed by atoms with E-state index < -0.39 is 5.82 Å². The summed E-state index contributed by atoms with van der Waals surface area (Å²) in [6, 6.07) is 13.3. The quantitative estimate of drug-likeness (QED) is 0.831. The molecular formula is C17H14ClFN2OS. The monoisotopic (exact) mass is 348 g/mol. The second-order valence-corrected chi connectivity index (χ2v) is 6.36. The Kier molecular flexibility index (Phi) is 4.98. The van der Waals surface area contributed by atoms with E-state index in [0.717, 1.165) is 5.56 Å². The van der Waals surface area contributed by atoms with Crippen molar-refractivity contribution >= 4 is 34.4 Å². The van der Waals surface area contributed by atoms with Crippen molar-refractivity contribution < 1.29 is 9.18 Å². The fourth-order valence-corrected chi connectivity index (χ4v) is 3.60. The Morgan fingerprint density at radius 3 is 2.87 bits per heavy atom. The highest BCUT2D eigenvalue weighted by molar-refractivity contribution is 8.13. The fourth-order valence-electron chi connectivity index (χ4n) is 2.27. The Balaban J connectivity index is 1.70. The van der Waals surface area contributed by atoms with Crippen LogP contribution in [0.1, 0.15) is 15.9 Å². The number of carbonyl (C=O) groups is 1. The Labute approximate surface area is 143 Å². The molecular weight excluding hydrogens is 335 g/mol. The standard InChI is InChI=1S/C17H14ClFN2OS/c18-15-7-2-1-4-13(15)11-23-17-20-8-9-21(17)16(22)12-5-3-6-14(19)10-12/h1-7,10H,8-9,11H2. The van der Waals surface area contributed by atoms with Crippen molar-refractivity contribution in [2.24, 2.45) is 4.99 Å². The summed E-state index contributed by atoms with van der Waals surface area (Å²) >= 11 is 7.61. The molecule has 0 atom stereocenters. The van der Waals surface area contributed by atoms with Gasteiger partial charge in [0, 0.05) is 22.9 Å². The van der Waals surface area contributed by atoms with E-state index in [1.165, 1.54) is 30.0 Å². The van der Waals surface area contributed by atoms with Crippen LogP contribution in [0.2, 0.25) is 5.02 Å². The predicted octanol–water partition coefficient (Wildman–Crippen LogP) is 4.22. The zero-order chi connectivity index (χ0) is 16.2. The van der Waals surface area contributed by atoms with E-state index in [9.17, 15) is 9.18 Å². The summed E-state index contributed by atoms with van der Waals surface area (Å²) in [5.74, 6) is -0.0181. The lowest BCUT2D eigenvalue weighted by atomic mass is 10.2. The highest BCUT2D eigenvalue weighted by Gasteiger charge is 2.25. The molecule has 0 N–H and O–H groups in total. The van der Waals surface area contributed by atoms with E-state index in [1.807, 2.05) is 24.3 Å². The number of hydrogen-bond donors (Lipinski definition) is 0. The molecule has 1 heterocycles. The first-order chi connectivity index (χ1) is 11.1. The van der Waals surface area contributed by atoms with Crippen LogP contribution in [0.25, 0.3) is 0 Å². The number of nitrogens with zero attached hydrogens (tertiary/aromatic N) is 2. The van der Waals surface area contributed by atoms with Crippen molar-refractivity contribution in [3.8, 4) is 0 Å². The molecule has 0 unspecified atom stereocenters. The van der Waals surface area contributed by atoms with Crippen molar-refractivity contribution in [1.82, 2.24) is 4.90 Å². The smallest absolute Gasteiger partial charge is 0.259 e. The number of hydrogen-bond acceptors (Lipinski definition) is 3. The second-order valence-electron chi connectivity index (χ2n) is 5.01. The maximum atomic E-state index is 13.3. The van der Waals surface area contributed by atoms with Gasteiger partial charge in [0.05, 0.1) is 6.54 Å². The van der Waals surface area contributed by atoms with Crippen molar-refractivity contribution in [2.75, 3.05) is 13.1 Å². The van der Waals surface area contributed by atoms with E-state index in [4.69, 9.17) is 11.6 Å². The molecule has 6 heteroatoms. The van der Waals surface area contributed by atoms with Crippen LogP contribution in [0.5, 0.6) is 0 Å². The molecule has 0 spiro atoms. The Morgan fingerprint density at radius 2 is 2.09 bits per heavy atom. The third-order valence-electron chi connectivity index (χ3n) is 3.43. The molecule has 1 amide bonds. The molecule has 0 aromatic heterocycles. The second kappa shape index (κ2) is 7.15. The minimum Gasteiger partial charge on any atom is -0.286 e. The van der Waals surface area contributed by atoms with Gasteiger partial charge in [-0.15, -0.1) is 0 Å². The minimum atomic E-state index is -0.419. The molecule has 2 aromatic carbocycles. The molecule has 1 aliphatic heterocycles. The molecule has 2 aromatic rings. The van der Waals surface area contributed by atoms with Gasteiger partial charge in [0.1, 0.15) is 5.82 Å². The molecule has 0 saturated carbocycles. The van der Waals surface area contributed by atoms with Gasteiger partial charge in [0.2, 0.25) is 0 Å². The topological polar surface area (TPSA) is 32.7 Å². The number of amides is 1. The first-order valence-corrected chi connectivity index (χ1v) is 8.49. The van der Waals surface area contributed by atoms with Gasteiger partial charge in [-0.05, 0) is 29.8 Å². The molecule has 1 aliphatic rings. The largest absolute Gasteiger partial charge is 0.286 e. The van der Waals surface area contributed by atoms with Crippen LogP contribution in [0.15, 0.2) is 53.5 Å². The number of carbonyl (C=O) groups excluding carboxylic acids is 1. The fraction of sp³-hybridized carbons (Fsp3) is 0.176. The Morgan fingerprint density at radius 1 is 1.26 bits per heavy atom. The third kappa shape index (κ3) is 3.74. The van der Waals surface area contributed by atoms with Crippen LogP contribution >= 0.6 is 23.4 Å². The summed E-state index contributed by atoms with van der Waals surface area (Å²) in [4.78, 5) is 18.5. The SMILES string of the molecule is O=C(c1cccc(F)c1)N1CCN=C1SCc1ccccc1Cl. The van der Waals surface area contributed by atoms with Gasteiger partial charge < -0.3 is 0 Å². The summed E-state index contributed by atoms with van der Waals surface area (Å²) in [6.45, 7) is 1.08. The number of halogens is 2. The van der Waals surface area contributed by atoms with Gasteiger partial charge in [-0.2, -0.15) is 0 Å². The average Bonchev–Trinajstić information content (AvgIpc) is 3.02. The molecule has 0 radical (unpaired) electrons. The zero-order valence-electron chi connectivity index (χ0n) is 12.2. The van der Waals surface area contributed by atoms with Crippen LogP contribution in [0.3, 0.4) is 0 Å². The van der Waals surface area contributed by atoms with Crippen molar-refractivity contribution in [3.63, 3.8) is 0 Å². The van der Waals surface area contributed by atoms with E-state index in [0.29, 0.717) is 34.6 Å². The molecule has 3 rings (SSSR count). The highest BCUT2D eigenvalue weighted by Crippen LogP contribution is 2.25. The number of benzene rings is 2. The molecule has 0 saturated heterocycles. The highest BCUT2D eigenvalue weighted by atomic mass is 35.5. The lowest BCUT2D eigenvalue weighted by molar-refractivity contribution is 0.0860. The predicted molar refractivity (Wildman–Crippen MR) is 92.5 cm³/mol. The first kappa shape index (κ1) is 16.0. The van der Waals surface area contributed by atoms with Crippen LogP contribution in [0, 0.1) is 5.82 Å². The third-order valence-corrected chi connectivity index (χ3v) is 4.86. The van der Waals surface area contributed by atoms with Gasteiger partial charge in [-0.3, -0.25) is 14.7 Å². The molecule has 0 bridgehead atoms. The van der Waals surface area contributed by atoms with Crippen LogP contribution < -0.4 is 0 Å². The van der Waals surface area contributed by atoms with Crippen molar-refractivity contribution in [2.45, 2.75) is 5.75 Å². The summed E-state index contributed by atoms with van der Waals surface area (Å²) in [6.07, 6.45) is 0. The van der Waals surface area contributed by atoms with Gasteiger partial charge in [-0.25, -0.2) is 4.39 Å². The summed E-state index contributed by atoms with van der Waals surface area (Å²) in [5.41, 5.74) is 1.32. The van der Waals surface area contributed by atoms with Gasteiger partial charge in [0.25, 0.3) is 5.91 Å². The molecule has 3 nitrogen and oxygen atoms in total. The van der Waals surface area contributed by atoms with E-state index in [-0.39, 0.29) is 5.91 Å². The van der Waals surface area contributed by atoms with E-state index in [2.05, 4.69) is 4.99 Å². The average molecular weight is 349 g/mol. The Bertz CT molecular complexity index is 766. The van der Waals surface area contributed by atoms with Gasteiger partial charge >= 0.3 is 0 Å². The number of rotatable bonds is 3. The van der Waals surface area contributed by atoms with Crippen LogP contribution in [-0.4, -0.2) is 29.1 Å². The lowest BCUT2D eigenvalue weighted by Gasteiger charge is -2.18. The van der Waals surface area contributed by atoms with Crippen LogP contribution in [0.4, 0.5) is 4.39 Å². The summed E-state index contributed by atoms with van der Waals surface area (Å²) in [5, 5.41) is 1.35. The number of amidine groups is 1. The number of aliphatic imine (C=N–C) groups is 1. The molecule has 118 valence electrons. The Hall–Kier alpha value is -1.85. The first-order valence-electron chi connectivity index (χ1n) is 7.13. The van der Waals surface area contributed by atoms with Gasteiger partial charge in [-0.1, -0.05) is 47.6 Å². The van der Waals surface area contributed by atoms with Crippen molar-refractivity contribution in [3.05, 3.63) is 70.5 Å². The van der Waals surface area contributed by atoms with E-state index in [1.54, 1.807) is 11.0 Å². The molecule has 23 heavy (non-hydrogen) atoms. The van der Waals surface area contributed by atoms with Crippen molar-refractivity contribution in [1.29, 1.82) is 0 Å². The molecule has 0 fully saturated rings. The zero-order valence-corrected chi connectivity index (χ0v) is 13.8. The maximum Gasteiger partial charge on any atom is 0.259 e. The van der Waals surface area contributed by atoms with Gasteiger partial charge in [0.15, 0.2) is 5.17 Å². The molecule has 0 aliphatic carbocycles. The lowest BCUT2D eigenvalue weighted by Crippen LogP contribution is -2.32. The summed E-state index contributed by atoms with van der Waals surface area (Å²) < 4.78 is 13.3. The normalized spacial score (nSPS) is 14.0. The summed E-state index contributed by atoms with van der Waals surface area (Å²) in [7, 11) is 0. The minimum absolute atomic E-state index is 0.229. The number of thioether (sulfide) groups is 1. The maximum absolute atomic E-state index is 13.3. The van der Waals surface area contributed by atoms with Crippen LogP contribution in [-0.2, 0) is 5.75 Å².